The van der Waals surface area contributed by atoms with Crippen LogP contribution in [0.15, 0.2) is 47.1 Å². The van der Waals surface area contributed by atoms with Crippen LogP contribution in [-0.2, 0) is 4.79 Å². The molecule has 1 aliphatic rings. The van der Waals surface area contributed by atoms with Crippen LogP contribution in [0, 0.1) is 0 Å². The van der Waals surface area contributed by atoms with Crippen LogP contribution in [0.2, 0.25) is 0 Å². The van der Waals surface area contributed by atoms with Crippen molar-refractivity contribution in [3.05, 3.63) is 53.1 Å². The Kier molecular flexibility index (Phi) is 6.26. The Morgan fingerprint density at radius 1 is 1.26 bits per heavy atom. The van der Waals surface area contributed by atoms with Crippen LogP contribution < -0.4 is 10.9 Å². The molecule has 6 nitrogen and oxygen atoms in total. The number of hydroxylamine groups is 1. The second-order valence-corrected chi connectivity index (χ2v) is 5.16. The molecule has 1 aromatic rings. The SMILES string of the molecule is O=C(C=Cc1cccc(C(=O)NN=CC2=CCCCC2)c1)NO. The lowest BCUT2D eigenvalue weighted by atomic mass is 10.0. The third-order valence-corrected chi connectivity index (χ3v) is 3.41. The second kappa shape index (κ2) is 8.65. The molecule has 0 spiro atoms. The molecule has 6 heteroatoms. The fourth-order valence-corrected chi connectivity index (χ4v) is 2.21. The van der Waals surface area contributed by atoms with Gasteiger partial charge < -0.3 is 0 Å². The minimum absolute atomic E-state index is 0.320. The number of benzene rings is 1. The molecule has 3 N–H and O–H groups in total. The van der Waals surface area contributed by atoms with Crippen molar-refractivity contribution in [2.24, 2.45) is 5.10 Å². The van der Waals surface area contributed by atoms with Crippen molar-refractivity contribution in [2.75, 3.05) is 0 Å². The third kappa shape index (κ3) is 5.52. The molecule has 2 amide bonds. The van der Waals surface area contributed by atoms with E-state index in [9.17, 15) is 9.59 Å². The molecule has 0 bridgehead atoms. The van der Waals surface area contributed by atoms with E-state index in [1.54, 1.807) is 30.5 Å². The molecule has 0 atom stereocenters. The molecule has 1 aromatic carbocycles. The topological polar surface area (TPSA) is 90.8 Å². The van der Waals surface area contributed by atoms with Crippen LogP contribution in [0.4, 0.5) is 0 Å². The highest BCUT2D eigenvalue weighted by atomic mass is 16.5. The fraction of sp³-hybridized carbons (Fsp3) is 0.235. The van der Waals surface area contributed by atoms with E-state index in [2.05, 4.69) is 16.6 Å². The molecule has 2 rings (SSSR count). The van der Waals surface area contributed by atoms with Crippen LogP contribution >= 0.6 is 0 Å². The Balaban J connectivity index is 1.96. The van der Waals surface area contributed by atoms with E-state index in [0.29, 0.717) is 11.1 Å². The molecule has 0 fully saturated rings. The van der Waals surface area contributed by atoms with Gasteiger partial charge in [-0.15, -0.1) is 0 Å². The number of rotatable bonds is 5. The van der Waals surface area contributed by atoms with Crippen molar-refractivity contribution in [1.82, 2.24) is 10.9 Å². The van der Waals surface area contributed by atoms with E-state index in [-0.39, 0.29) is 5.91 Å². The summed E-state index contributed by atoms with van der Waals surface area (Å²) in [5.74, 6) is -0.954. The zero-order chi connectivity index (χ0) is 16.5. The Hall–Kier alpha value is -2.73. The predicted molar refractivity (Wildman–Crippen MR) is 87.9 cm³/mol. The maximum absolute atomic E-state index is 12.0. The number of hydrogen-bond donors (Lipinski definition) is 3. The molecule has 0 saturated carbocycles. The molecule has 120 valence electrons. The standard InChI is InChI=1S/C17H19N3O3/c21-16(20-23)10-9-13-7-4-8-15(11-13)17(22)19-18-12-14-5-2-1-3-6-14/h4-5,7-12,23H,1-3,6H2,(H,19,22)(H,20,21). The number of allylic oxidation sites excluding steroid dienone is 2. The van der Waals surface area contributed by atoms with Gasteiger partial charge in [0.15, 0.2) is 0 Å². The summed E-state index contributed by atoms with van der Waals surface area (Å²) in [6.45, 7) is 0. The molecular formula is C17H19N3O3. The first-order valence-electron chi connectivity index (χ1n) is 7.43. The maximum atomic E-state index is 12.0. The summed E-state index contributed by atoms with van der Waals surface area (Å²) in [7, 11) is 0. The molecule has 1 aliphatic carbocycles. The largest absolute Gasteiger partial charge is 0.288 e. The van der Waals surface area contributed by atoms with Gasteiger partial charge >= 0.3 is 0 Å². The number of nitrogens with zero attached hydrogens (tertiary/aromatic N) is 1. The number of carbonyl (C=O) groups excluding carboxylic acids is 2. The first-order valence-corrected chi connectivity index (χ1v) is 7.43. The van der Waals surface area contributed by atoms with Gasteiger partial charge in [-0.2, -0.15) is 5.10 Å². The number of hydrogen-bond acceptors (Lipinski definition) is 4. The van der Waals surface area contributed by atoms with Crippen molar-refractivity contribution in [1.29, 1.82) is 0 Å². The summed E-state index contributed by atoms with van der Waals surface area (Å²) in [4.78, 5) is 23.0. The van der Waals surface area contributed by atoms with Crippen LogP contribution in [0.25, 0.3) is 6.08 Å². The van der Waals surface area contributed by atoms with Crippen LogP contribution in [-0.4, -0.2) is 23.2 Å². The van der Waals surface area contributed by atoms with E-state index < -0.39 is 5.91 Å². The summed E-state index contributed by atoms with van der Waals surface area (Å²) in [6.07, 6.45) is 10.9. The van der Waals surface area contributed by atoms with Gasteiger partial charge in [0.1, 0.15) is 0 Å². The fourth-order valence-electron chi connectivity index (χ4n) is 2.21. The van der Waals surface area contributed by atoms with Gasteiger partial charge in [-0.3, -0.25) is 14.8 Å². The second-order valence-electron chi connectivity index (χ2n) is 5.16. The molecule has 0 radical (unpaired) electrons. The zero-order valence-corrected chi connectivity index (χ0v) is 12.7. The first-order chi connectivity index (χ1) is 11.2. The highest BCUT2D eigenvalue weighted by Gasteiger charge is 2.05. The van der Waals surface area contributed by atoms with Crippen molar-refractivity contribution in [3.8, 4) is 0 Å². The quantitative estimate of drug-likeness (QED) is 0.337. The Morgan fingerprint density at radius 3 is 2.87 bits per heavy atom. The van der Waals surface area contributed by atoms with Crippen molar-refractivity contribution >= 4 is 24.1 Å². The lowest BCUT2D eigenvalue weighted by molar-refractivity contribution is -0.124. The van der Waals surface area contributed by atoms with Gasteiger partial charge in [-0.25, -0.2) is 10.9 Å². The highest BCUT2D eigenvalue weighted by molar-refractivity contribution is 5.96. The lowest BCUT2D eigenvalue weighted by Crippen LogP contribution is -2.17. The summed E-state index contributed by atoms with van der Waals surface area (Å²) in [5, 5.41) is 12.4. The number of nitrogens with one attached hydrogen (secondary N) is 2. The molecule has 0 aromatic heterocycles. The van der Waals surface area contributed by atoms with Gasteiger partial charge in [0.25, 0.3) is 11.8 Å². The maximum Gasteiger partial charge on any atom is 0.271 e. The molecule has 0 aliphatic heterocycles. The van der Waals surface area contributed by atoms with E-state index in [4.69, 9.17) is 5.21 Å². The monoisotopic (exact) mass is 313 g/mol. The van der Waals surface area contributed by atoms with E-state index in [0.717, 1.165) is 24.8 Å². The zero-order valence-electron chi connectivity index (χ0n) is 12.7. The van der Waals surface area contributed by atoms with Crippen LogP contribution in [0.3, 0.4) is 0 Å². The van der Waals surface area contributed by atoms with Gasteiger partial charge in [0.05, 0.1) is 6.21 Å². The van der Waals surface area contributed by atoms with Gasteiger partial charge in [0, 0.05) is 11.6 Å². The normalized spacial score (nSPS) is 14.7. The van der Waals surface area contributed by atoms with Crippen LogP contribution in [0.1, 0.15) is 41.6 Å². The van der Waals surface area contributed by atoms with Crippen molar-refractivity contribution < 1.29 is 14.8 Å². The highest BCUT2D eigenvalue weighted by Crippen LogP contribution is 2.15. The lowest BCUT2D eigenvalue weighted by Gasteiger charge is -2.07. The minimum atomic E-state index is -0.634. The average Bonchev–Trinajstić information content (AvgIpc) is 2.60. The summed E-state index contributed by atoms with van der Waals surface area (Å²) in [5.41, 5.74) is 6.24. The van der Waals surface area contributed by atoms with E-state index in [1.807, 2.05) is 0 Å². The van der Waals surface area contributed by atoms with Crippen LogP contribution in [0.5, 0.6) is 0 Å². The molecule has 0 saturated heterocycles. The molecule has 23 heavy (non-hydrogen) atoms. The Labute approximate surface area is 134 Å². The average molecular weight is 313 g/mol. The Morgan fingerprint density at radius 2 is 2.13 bits per heavy atom. The van der Waals surface area contributed by atoms with Gasteiger partial charge in [-0.05, 0) is 55.0 Å². The minimum Gasteiger partial charge on any atom is -0.288 e. The summed E-state index contributed by atoms with van der Waals surface area (Å²) >= 11 is 0. The molecule has 0 heterocycles. The number of hydrazone groups is 1. The summed E-state index contributed by atoms with van der Waals surface area (Å²) in [6, 6.07) is 6.74. The molecular weight excluding hydrogens is 294 g/mol. The van der Waals surface area contributed by atoms with Crippen molar-refractivity contribution in [3.63, 3.8) is 0 Å². The first kappa shape index (κ1) is 16.6. The van der Waals surface area contributed by atoms with Gasteiger partial charge in [-0.1, -0.05) is 18.2 Å². The van der Waals surface area contributed by atoms with E-state index in [1.165, 1.54) is 24.1 Å². The summed E-state index contributed by atoms with van der Waals surface area (Å²) < 4.78 is 0. The van der Waals surface area contributed by atoms with E-state index >= 15 is 0 Å². The smallest absolute Gasteiger partial charge is 0.271 e. The van der Waals surface area contributed by atoms with Gasteiger partial charge in [0.2, 0.25) is 0 Å². The number of carbonyl (C=O) groups is 2. The third-order valence-electron chi connectivity index (χ3n) is 3.41. The molecule has 0 unspecified atom stereocenters. The number of amides is 2. The van der Waals surface area contributed by atoms with Crippen molar-refractivity contribution in [2.45, 2.75) is 25.7 Å². The Bertz CT molecular complexity index is 663. The predicted octanol–water partition coefficient (Wildman–Crippen LogP) is 2.42.